The number of rotatable bonds is 8. The SMILES string of the molecule is COc1cc2[nH]c(N(C)Cc3cccc(CN4CCOCC4)c3)nc(=O)c2c(OC)c1OC. The maximum atomic E-state index is 12.9. The van der Waals surface area contributed by atoms with Crippen molar-refractivity contribution in [1.82, 2.24) is 14.9 Å². The van der Waals surface area contributed by atoms with Gasteiger partial charge in [-0.1, -0.05) is 24.3 Å². The fraction of sp³-hybridized carbons (Fsp3) is 0.417. The van der Waals surface area contributed by atoms with Crippen molar-refractivity contribution in [2.45, 2.75) is 13.1 Å². The molecule has 2 heterocycles. The molecule has 9 heteroatoms. The van der Waals surface area contributed by atoms with Crippen LogP contribution >= 0.6 is 0 Å². The van der Waals surface area contributed by atoms with Crippen molar-refractivity contribution in [2.75, 3.05) is 59.6 Å². The minimum atomic E-state index is -0.399. The Morgan fingerprint density at radius 1 is 1.06 bits per heavy atom. The van der Waals surface area contributed by atoms with Gasteiger partial charge in [0.2, 0.25) is 11.7 Å². The van der Waals surface area contributed by atoms with Gasteiger partial charge in [-0.3, -0.25) is 9.69 Å². The van der Waals surface area contributed by atoms with Gasteiger partial charge in [-0.15, -0.1) is 0 Å². The van der Waals surface area contributed by atoms with Crippen molar-refractivity contribution in [3.05, 3.63) is 51.8 Å². The van der Waals surface area contributed by atoms with Crippen LogP contribution in [0.25, 0.3) is 10.9 Å². The van der Waals surface area contributed by atoms with Gasteiger partial charge in [0.1, 0.15) is 5.39 Å². The first-order valence-electron chi connectivity index (χ1n) is 10.9. The number of fused-ring (bicyclic) bond motifs is 1. The first kappa shape index (κ1) is 22.9. The number of anilines is 1. The summed E-state index contributed by atoms with van der Waals surface area (Å²) < 4.78 is 21.7. The number of methoxy groups -OCH3 is 3. The van der Waals surface area contributed by atoms with Gasteiger partial charge < -0.3 is 28.8 Å². The summed E-state index contributed by atoms with van der Waals surface area (Å²) >= 11 is 0. The number of hydrogen-bond acceptors (Lipinski definition) is 8. The van der Waals surface area contributed by atoms with Gasteiger partial charge in [-0.05, 0) is 11.1 Å². The maximum Gasteiger partial charge on any atom is 0.286 e. The van der Waals surface area contributed by atoms with Gasteiger partial charge in [-0.2, -0.15) is 4.98 Å². The molecule has 1 fully saturated rings. The lowest BCUT2D eigenvalue weighted by molar-refractivity contribution is 0.0342. The first-order chi connectivity index (χ1) is 16.0. The van der Waals surface area contributed by atoms with Crippen molar-refractivity contribution < 1.29 is 18.9 Å². The summed E-state index contributed by atoms with van der Waals surface area (Å²) in [7, 11) is 6.43. The monoisotopic (exact) mass is 454 g/mol. The Labute approximate surface area is 192 Å². The highest BCUT2D eigenvalue weighted by Gasteiger charge is 2.20. The largest absolute Gasteiger partial charge is 0.493 e. The van der Waals surface area contributed by atoms with Crippen molar-refractivity contribution in [2.24, 2.45) is 0 Å². The average molecular weight is 455 g/mol. The molecule has 0 radical (unpaired) electrons. The normalized spacial score (nSPS) is 14.3. The quantitative estimate of drug-likeness (QED) is 0.555. The summed E-state index contributed by atoms with van der Waals surface area (Å²) in [6.45, 7) is 4.95. The van der Waals surface area contributed by atoms with Gasteiger partial charge in [0.25, 0.3) is 5.56 Å². The smallest absolute Gasteiger partial charge is 0.286 e. The molecule has 1 saturated heterocycles. The summed E-state index contributed by atoms with van der Waals surface area (Å²) in [5, 5.41) is 0.319. The van der Waals surface area contributed by atoms with Gasteiger partial charge in [0, 0.05) is 39.3 Å². The molecule has 0 bridgehead atoms. The molecular formula is C24H30N4O5. The first-order valence-corrected chi connectivity index (χ1v) is 10.9. The number of aromatic amines is 1. The fourth-order valence-corrected chi connectivity index (χ4v) is 4.14. The molecule has 0 aliphatic carbocycles. The highest BCUT2D eigenvalue weighted by molar-refractivity contribution is 5.90. The summed E-state index contributed by atoms with van der Waals surface area (Å²) in [5.41, 5.74) is 2.55. The molecule has 0 saturated carbocycles. The van der Waals surface area contributed by atoms with Crippen LogP contribution < -0.4 is 24.7 Å². The maximum absolute atomic E-state index is 12.9. The molecule has 1 N–H and O–H groups in total. The van der Waals surface area contributed by atoms with Crippen LogP contribution in [-0.4, -0.2) is 69.5 Å². The molecule has 1 aromatic heterocycles. The van der Waals surface area contributed by atoms with Crippen LogP contribution in [0, 0.1) is 0 Å². The summed E-state index contributed by atoms with van der Waals surface area (Å²) in [6, 6.07) is 10.2. The number of nitrogens with zero attached hydrogens (tertiary/aromatic N) is 3. The molecule has 0 unspecified atom stereocenters. The van der Waals surface area contributed by atoms with Crippen molar-refractivity contribution in [1.29, 1.82) is 0 Å². The molecule has 0 spiro atoms. The Kier molecular flexibility index (Phi) is 7.00. The number of H-pyrrole nitrogens is 1. The predicted molar refractivity (Wildman–Crippen MR) is 127 cm³/mol. The van der Waals surface area contributed by atoms with Crippen LogP contribution in [-0.2, 0) is 17.8 Å². The summed E-state index contributed by atoms with van der Waals surface area (Å²) in [5.74, 6) is 1.58. The standard InChI is InChI=1S/C24H30N4O5/c1-27(14-16-6-5-7-17(12-16)15-28-8-10-33-11-9-28)24-25-18-13-19(30-2)21(31-3)22(32-4)20(18)23(29)26-24/h5-7,12-13H,8-11,14-15H2,1-4H3,(H,25,26,29). The molecule has 3 aromatic rings. The predicted octanol–water partition coefficient (Wildman–Crippen LogP) is 2.42. The van der Waals surface area contributed by atoms with Crippen LogP contribution in [0.1, 0.15) is 11.1 Å². The van der Waals surface area contributed by atoms with Gasteiger partial charge in [0.15, 0.2) is 11.5 Å². The second-order valence-corrected chi connectivity index (χ2v) is 8.00. The van der Waals surface area contributed by atoms with E-state index >= 15 is 0 Å². The second-order valence-electron chi connectivity index (χ2n) is 8.00. The number of aromatic nitrogens is 2. The average Bonchev–Trinajstić information content (AvgIpc) is 2.83. The Morgan fingerprint density at radius 2 is 1.79 bits per heavy atom. The number of benzene rings is 2. The minimum Gasteiger partial charge on any atom is -0.493 e. The summed E-state index contributed by atoms with van der Waals surface area (Å²) in [4.78, 5) is 24.8. The molecule has 1 aliphatic heterocycles. The third kappa shape index (κ3) is 4.89. The Morgan fingerprint density at radius 3 is 2.48 bits per heavy atom. The molecule has 9 nitrogen and oxygen atoms in total. The second kappa shape index (κ2) is 10.1. The van der Waals surface area contributed by atoms with Crippen molar-refractivity contribution >= 4 is 16.9 Å². The molecule has 0 atom stereocenters. The van der Waals surface area contributed by atoms with E-state index in [1.807, 2.05) is 11.9 Å². The van der Waals surface area contributed by atoms with E-state index in [1.54, 1.807) is 13.2 Å². The number of nitrogens with one attached hydrogen (secondary N) is 1. The lowest BCUT2D eigenvalue weighted by Crippen LogP contribution is -2.35. The Hall–Kier alpha value is -3.30. The van der Waals surface area contributed by atoms with Gasteiger partial charge in [-0.25, -0.2) is 0 Å². The molecule has 1 aliphatic rings. The lowest BCUT2D eigenvalue weighted by Gasteiger charge is -2.26. The number of morpholine rings is 1. The van der Waals surface area contributed by atoms with E-state index in [0.717, 1.165) is 38.4 Å². The van der Waals surface area contributed by atoms with E-state index in [-0.39, 0.29) is 0 Å². The molecule has 4 rings (SSSR count). The van der Waals surface area contributed by atoms with E-state index in [4.69, 9.17) is 18.9 Å². The molecule has 33 heavy (non-hydrogen) atoms. The van der Waals surface area contributed by atoms with Crippen LogP contribution in [0.3, 0.4) is 0 Å². The van der Waals surface area contributed by atoms with E-state index in [9.17, 15) is 4.79 Å². The molecule has 2 aromatic carbocycles. The van der Waals surface area contributed by atoms with Crippen molar-refractivity contribution in [3.63, 3.8) is 0 Å². The highest BCUT2D eigenvalue weighted by Crippen LogP contribution is 2.41. The molecule has 0 amide bonds. The molecular weight excluding hydrogens is 424 g/mol. The van der Waals surface area contributed by atoms with Crippen LogP contribution in [0.5, 0.6) is 17.2 Å². The molecule has 176 valence electrons. The van der Waals surface area contributed by atoms with Crippen molar-refractivity contribution in [3.8, 4) is 17.2 Å². The number of hydrogen-bond donors (Lipinski definition) is 1. The highest BCUT2D eigenvalue weighted by atomic mass is 16.5. The third-order valence-electron chi connectivity index (χ3n) is 5.78. The Balaban J connectivity index is 1.60. The van der Waals surface area contributed by atoms with E-state index in [0.29, 0.717) is 40.6 Å². The van der Waals surface area contributed by atoms with E-state index in [2.05, 4.69) is 39.1 Å². The van der Waals surface area contributed by atoms with Crippen LogP contribution in [0.4, 0.5) is 5.95 Å². The topological polar surface area (TPSA) is 89.2 Å². The van der Waals surface area contributed by atoms with E-state index in [1.165, 1.54) is 19.8 Å². The fourth-order valence-electron chi connectivity index (χ4n) is 4.14. The number of ether oxygens (including phenoxy) is 4. The van der Waals surface area contributed by atoms with Crippen LogP contribution in [0.2, 0.25) is 0 Å². The minimum absolute atomic E-state index is 0.297. The van der Waals surface area contributed by atoms with Gasteiger partial charge >= 0.3 is 0 Å². The zero-order valence-corrected chi connectivity index (χ0v) is 19.5. The van der Waals surface area contributed by atoms with Gasteiger partial charge in [0.05, 0.1) is 40.1 Å². The zero-order valence-electron chi connectivity index (χ0n) is 19.5. The van der Waals surface area contributed by atoms with E-state index < -0.39 is 5.56 Å². The lowest BCUT2D eigenvalue weighted by atomic mass is 10.1. The summed E-state index contributed by atoms with van der Waals surface area (Å²) in [6.07, 6.45) is 0. The third-order valence-corrected chi connectivity index (χ3v) is 5.78. The Bertz CT molecular complexity index is 1170. The van der Waals surface area contributed by atoms with Crippen LogP contribution in [0.15, 0.2) is 35.1 Å². The zero-order chi connectivity index (χ0) is 23.4.